The summed E-state index contributed by atoms with van der Waals surface area (Å²) in [6, 6.07) is 10.0. The van der Waals surface area contributed by atoms with Gasteiger partial charge < -0.3 is 10.5 Å². The van der Waals surface area contributed by atoms with E-state index in [4.69, 9.17) is 5.73 Å². The van der Waals surface area contributed by atoms with Gasteiger partial charge in [0.1, 0.15) is 5.54 Å². The summed E-state index contributed by atoms with van der Waals surface area (Å²) in [5.41, 5.74) is 6.19. The number of ether oxygens (including phenoxy) is 1. The van der Waals surface area contributed by atoms with E-state index in [2.05, 4.69) is 11.7 Å². The van der Waals surface area contributed by atoms with Crippen molar-refractivity contribution >= 4 is 5.97 Å². The van der Waals surface area contributed by atoms with Gasteiger partial charge in [-0.1, -0.05) is 37.3 Å². The molecule has 3 heteroatoms. The summed E-state index contributed by atoms with van der Waals surface area (Å²) in [5.74, 6) is -0.134. The third kappa shape index (κ3) is 3.07. The molecule has 1 aromatic rings. The minimum atomic E-state index is -0.927. The molecule has 0 amide bonds. The summed E-state index contributed by atoms with van der Waals surface area (Å²) in [5, 5.41) is 0. The molecule has 0 spiro atoms. The average Bonchev–Trinajstić information content (AvgIpc) is 2.28. The van der Waals surface area contributed by atoms with Crippen LogP contribution in [-0.2, 0) is 9.53 Å². The number of hydrogen-bond donors (Lipinski definition) is 1. The quantitative estimate of drug-likeness (QED) is 0.792. The highest BCUT2D eigenvalue weighted by molar-refractivity contribution is 5.79. The molecule has 1 aromatic carbocycles. The Balaban J connectivity index is 2.71. The van der Waals surface area contributed by atoms with E-state index < -0.39 is 5.54 Å². The Bertz CT molecular complexity index is 346. The lowest BCUT2D eigenvalue weighted by molar-refractivity contribution is -0.146. The van der Waals surface area contributed by atoms with Gasteiger partial charge >= 0.3 is 5.97 Å². The van der Waals surface area contributed by atoms with Crippen LogP contribution in [0.5, 0.6) is 0 Å². The third-order valence-corrected chi connectivity index (χ3v) is 2.75. The summed E-state index contributed by atoms with van der Waals surface area (Å²) in [4.78, 5) is 11.5. The van der Waals surface area contributed by atoms with Gasteiger partial charge in [-0.05, 0) is 24.8 Å². The van der Waals surface area contributed by atoms with E-state index in [1.54, 1.807) is 6.92 Å². The largest absolute Gasteiger partial charge is 0.468 e. The molecule has 0 bridgehead atoms. The highest BCUT2D eigenvalue weighted by atomic mass is 16.5. The topological polar surface area (TPSA) is 52.3 Å². The molecule has 0 aromatic heterocycles. The van der Waals surface area contributed by atoms with E-state index >= 15 is 0 Å². The molecule has 0 saturated heterocycles. The van der Waals surface area contributed by atoms with Gasteiger partial charge in [0.05, 0.1) is 7.11 Å². The van der Waals surface area contributed by atoms with Crippen LogP contribution in [0.2, 0.25) is 0 Å². The van der Waals surface area contributed by atoms with Crippen LogP contribution in [0.15, 0.2) is 30.3 Å². The molecule has 16 heavy (non-hydrogen) atoms. The fourth-order valence-electron chi connectivity index (χ4n) is 1.85. The van der Waals surface area contributed by atoms with Gasteiger partial charge in [0, 0.05) is 0 Å². The normalized spacial score (nSPS) is 16.2. The maximum Gasteiger partial charge on any atom is 0.325 e. The highest BCUT2D eigenvalue weighted by Crippen LogP contribution is 2.24. The molecule has 0 heterocycles. The van der Waals surface area contributed by atoms with Crippen LogP contribution in [-0.4, -0.2) is 18.6 Å². The van der Waals surface area contributed by atoms with E-state index in [0.29, 0.717) is 6.42 Å². The summed E-state index contributed by atoms with van der Waals surface area (Å²) in [6.45, 7) is 3.77. The first-order chi connectivity index (χ1) is 7.47. The van der Waals surface area contributed by atoms with Crippen LogP contribution in [0.1, 0.15) is 31.7 Å². The first-order valence-corrected chi connectivity index (χ1v) is 5.39. The first kappa shape index (κ1) is 12.7. The zero-order valence-corrected chi connectivity index (χ0v) is 10.1. The Morgan fingerprint density at radius 2 is 2.00 bits per heavy atom. The van der Waals surface area contributed by atoms with Crippen molar-refractivity contribution in [1.82, 2.24) is 0 Å². The minimum absolute atomic E-state index is 0.232. The fraction of sp³-hybridized carbons (Fsp3) is 0.462. The molecule has 88 valence electrons. The van der Waals surface area contributed by atoms with Crippen molar-refractivity contribution in [3.05, 3.63) is 35.9 Å². The molecule has 2 unspecified atom stereocenters. The molecule has 0 aliphatic carbocycles. The number of carbonyl (C=O) groups is 1. The van der Waals surface area contributed by atoms with Gasteiger partial charge in [-0.15, -0.1) is 0 Å². The maximum absolute atomic E-state index is 11.5. The van der Waals surface area contributed by atoms with Crippen LogP contribution in [0.4, 0.5) is 0 Å². The minimum Gasteiger partial charge on any atom is -0.468 e. The predicted molar refractivity (Wildman–Crippen MR) is 64.1 cm³/mol. The molecule has 2 N–H and O–H groups in total. The van der Waals surface area contributed by atoms with Crippen LogP contribution in [0, 0.1) is 0 Å². The SMILES string of the molecule is COC(=O)C(C)(N)CC(C)c1ccccc1. The second kappa shape index (κ2) is 5.12. The average molecular weight is 221 g/mol. The van der Waals surface area contributed by atoms with Crippen molar-refractivity contribution in [1.29, 1.82) is 0 Å². The number of hydrogen-bond acceptors (Lipinski definition) is 3. The monoisotopic (exact) mass is 221 g/mol. The second-order valence-electron chi connectivity index (χ2n) is 4.42. The second-order valence-corrected chi connectivity index (χ2v) is 4.42. The Hall–Kier alpha value is -1.35. The lowest BCUT2D eigenvalue weighted by atomic mass is 9.86. The van der Waals surface area contributed by atoms with Crippen molar-refractivity contribution in [2.45, 2.75) is 31.7 Å². The first-order valence-electron chi connectivity index (χ1n) is 5.39. The van der Waals surface area contributed by atoms with Gasteiger partial charge in [-0.3, -0.25) is 4.79 Å². The predicted octanol–water partition coefficient (Wildman–Crippen LogP) is 2.07. The smallest absolute Gasteiger partial charge is 0.325 e. The zero-order valence-electron chi connectivity index (χ0n) is 10.1. The van der Waals surface area contributed by atoms with Crippen molar-refractivity contribution in [2.24, 2.45) is 5.73 Å². The number of esters is 1. The molecule has 3 nitrogen and oxygen atoms in total. The van der Waals surface area contributed by atoms with E-state index in [-0.39, 0.29) is 11.9 Å². The number of nitrogens with two attached hydrogens (primary N) is 1. The van der Waals surface area contributed by atoms with Gasteiger partial charge in [-0.25, -0.2) is 0 Å². The van der Waals surface area contributed by atoms with Crippen molar-refractivity contribution in [3.8, 4) is 0 Å². The van der Waals surface area contributed by atoms with Crippen LogP contribution >= 0.6 is 0 Å². The Kier molecular flexibility index (Phi) is 4.07. The van der Waals surface area contributed by atoms with Gasteiger partial charge in [0.15, 0.2) is 0 Å². The van der Waals surface area contributed by atoms with E-state index in [9.17, 15) is 4.79 Å². The fourth-order valence-corrected chi connectivity index (χ4v) is 1.85. The van der Waals surface area contributed by atoms with Crippen LogP contribution < -0.4 is 5.73 Å². The molecule has 1 rings (SSSR count). The molecule has 0 saturated carbocycles. The van der Waals surface area contributed by atoms with E-state index in [0.717, 1.165) is 0 Å². The number of methoxy groups -OCH3 is 1. The zero-order chi connectivity index (χ0) is 12.2. The third-order valence-electron chi connectivity index (χ3n) is 2.75. The van der Waals surface area contributed by atoms with E-state index in [1.165, 1.54) is 12.7 Å². The van der Waals surface area contributed by atoms with Gasteiger partial charge in [-0.2, -0.15) is 0 Å². The Morgan fingerprint density at radius 1 is 1.44 bits per heavy atom. The number of benzene rings is 1. The molecule has 0 fully saturated rings. The molecule has 0 aliphatic heterocycles. The Morgan fingerprint density at radius 3 is 2.50 bits per heavy atom. The highest BCUT2D eigenvalue weighted by Gasteiger charge is 2.31. The van der Waals surface area contributed by atoms with E-state index in [1.807, 2.05) is 30.3 Å². The lowest BCUT2D eigenvalue weighted by Gasteiger charge is -2.25. The van der Waals surface area contributed by atoms with Gasteiger partial charge in [0.2, 0.25) is 0 Å². The van der Waals surface area contributed by atoms with Crippen molar-refractivity contribution < 1.29 is 9.53 Å². The lowest BCUT2D eigenvalue weighted by Crippen LogP contribution is -2.46. The summed E-state index contributed by atoms with van der Waals surface area (Å²) in [7, 11) is 1.36. The van der Waals surface area contributed by atoms with Gasteiger partial charge in [0.25, 0.3) is 0 Å². The van der Waals surface area contributed by atoms with Crippen molar-refractivity contribution in [2.75, 3.05) is 7.11 Å². The van der Waals surface area contributed by atoms with Crippen molar-refractivity contribution in [3.63, 3.8) is 0 Å². The number of rotatable bonds is 4. The maximum atomic E-state index is 11.5. The molecular weight excluding hydrogens is 202 g/mol. The molecular formula is C13H19NO2. The standard InChI is InChI=1S/C13H19NO2/c1-10(11-7-5-4-6-8-11)9-13(2,14)12(15)16-3/h4-8,10H,9,14H2,1-3H3. The Labute approximate surface area is 96.6 Å². The molecule has 0 radical (unpaired) electrons. The summed E-state index contributed by atoms with van der Waals surface area (Å²) < 4.78 is 4.69. The summed E-state index contributed by atoms with van der Waals surface area (Å²) in [6.07, 6.45) is 0.573. The summed E-state index contributed by atoms with van der Waals surface area (Å²) >= 11 is 0. The van der Waals surface area contributed by atoms with Crippen LogP contribution in [0.25, 0.3) is 0 Å². The molecule has 2 atom stereocenters. The van der Waals surface area contributed by atoms with Crippen LogP contribution in [0.3, 0.4) is 0 Å². The molecule has 0 aliphatic rings. The number of carbonyl (C=O) groups excluding carboxylic acids is 1.